The van der Waals surface area contributed by atoms with Crippen molar-refractivity contribution in [3.63, 3.8) is 0 Å². The number of piperazine rings is 1. The molecule has 1 heterocycles. The molecule has 0 spiro atoms. The SMILES string of the molecule is CCC[C@H](N)C(=O)NCC(C)(C)N1CCN(C)CC1. The van der Waals surface area contributed by atoms with Gasteiger partial charge in [0.05, 0.1) is 6.04 Å². The van der Waals surface area contributed by atoms with E-state index in [4.69, 9.17) is 5.73 Å². The van der Waals surface area contributed by atoms with Gasteiger partial charge in [-0.05, 0) is 27.3 Å². The third-order valence-electron chi connectivity index (χ3n) is 3.99. The van der Waals surface area contributed by atoms with Gasteiger partial charge in [0.1, 0.15) is 0 Å². The average Bonchev–Trinajstić information content (AvgIpc) is 2.37. The van der Waals surface area contributed by atoms with E-state index in [0.29, 0.717) is 6.54 Å². The predicted octanol–water partition coefficient (Wildman–Crippen LogP) is 0.256. The smallest absolute Gasteiger partial charge is 0.236 e. The molecule has 5 heteroatoms. The molecule has 1 amide bonds. The summed E-state index contributed by atoms with van der Waals surface area (Å²) in [6, 6.07) is -0.367. The second-order valence-electron chi connectivity index (χ2n) is 6.22. The predicted molar refractivity (Wildman–Crippen MR) is 79.0 cm³/mol. The molecular formula is C14H30N4O. The summed E-state index contributed by atoms with van der Waals surface area (Å²) in [5, 5.41) is 3.00. The summed E-state index contributed by atoms with van der Waals surface area (Å²) >= 11 is 0. The van der Waals surface area contributed by atoms with Gasteiger partial charge in [-0.2, -0.15) is 0 Å². The highest BCUT2D eigenvalue weighted by atomic mass is 16.2. The van der Waals surface area contributed by atoms with Crippen molar-refractivity contribution in [1.82, 2.24) is 15.1 Å². The topological polar surface area (TPSA) is 61.6 Å². The van der Waals surface area contributed by atoms with Gasteiger partial charge < -0.3 is 16.0 Å². The number of likely N-dealkylation sites (N-methyl/N-ethyl adjacent to an activating group) is 1. The average molecular weight is 270 g/mol. The summed E-state index contributed by atoms with van der Waals surface area (Å²) < 4.78 is 0. The molecule has 1 saturated heterocycles. The van der Waals surface area contributed by atoms with Crippen molar-refractivity contribution in [3.05, 3.63) is 0 Å². The van der Waals surface area contributed by atoms with E-state index >= 15 is 0 Å². The fraction of sp³-hybridized carbons (Fsp3) is 0.929. The Morgan fingerprint density at radius 2 is 1.89 bits per heavy atom. The third kappa shape index (κ3) is 5.09. The van der Waals surface area contributed by atoms with E-state index in [0.717, 1.165) is 39.0 Å². The van der Waals surface area contributed by atoms with Crippen LogP contribution in [0.1, 0.15) is 33.6 Å². The first-order valence-electron chi connectivity index (χ1n) is 7.33. The Kier molecular flexibility index (Phi) is 6.23. The summed E-state index contributed by atoms with van der Waals surface area (Å²) in [6.07, 6.45) is 1.69. The Hall–Kier alpha value is -0.650. The summed E-state index contributed by atoms with van der Waals surface area (Å²) in [5.74, 6) is -0.0240. The van der Waals surface area contributed by atoms with Crippen LogP contribution in [0.25, 0.3) is 0 Å². The standard InChI is InChI=1S/C14H30N4O/c1-5-6-12(15)13(19)16-11-14(2,3)18-9-7-17(4)8-10-18/h12H,5-11,15H2,1-4H3,(H,16,19)/t12-/m0/s1. The van der Waals surface area contributed by atoms with Crippen molar-refractivity contribution in [3.8, 4) is 0 Å². The highest BCUT2D eigenvalue weighted by Gasteiger charge is 2.29. The molecule has 0 aliphatic carbocycles. The Bertz CT molecular complexity index is 285. The van der Waals surface area contributed by atoms with E-state index in [1.165, 1.54) is 0 Å². The van der Waals surface area contributed by atoms with E-state index in [9.17, 15) is 4.79 Å². The Labute approximate surface area is 117 Å². The van der Waals surface area contributed by atoms with E-state index in [1.54, 1.807) is 0 Å². The van der Waals surface area contributed by atoms with Gasteiger partial charge in [0.2, 0.25) is 5.91 Å². The normalized spacial score (nSPS) is 20.3. The lowest BCUT2D eigenvalue weighted by molar-refractivity contribution is -0.123. The van der Waals surface area contributed by atoms with Crippen LogP contribution in [-0.4, -0.2) is 67.1 Å². The zero-order valence-electron chi connectivity index (χ0n) is 12.9. The Morgan fingerprint density at radius 1 is 1.32 bits per heavy atom. The molecule has 112 valence electrons. The number of hydrogen-bond acceptors (Lipinski definition) is 4. The lowest BCUT2D eigenvalue weighted by atomic mass is 10.0. The van der Waals surface area contributed by atoms with Gasteiger partial charge in [-0.1, -0.05) is 13.3 Å². The number of hydrogen-bond donors (Lipinski definition) is 2. The van der Waals surface area contributed by atoms with Crippen molar-refractivity contribution in [1.29, 1.82) is 0 Å². The number of nitrogens with zero attached hydrogens (tertiary/aromatic N) is 2. The van der Waals surface area contributed by atoms with E-state index in [-0.39, 0.29) is 17.5 Å². The van der Waals surface area contributed by atoms with Crippen molar-refractivity contribution in [2.45, 2.75) is 45.2 Å². The molecule has 0 aromatic carbocycles. The fourth-order valence-electron chi connectivity index (χ4n) is 2.40. The number of carbonyl (C=O) groups is 1. The van der Waals surface area contributed by atoms with Crippen LogP contribution in [0.3, 0.4) is 0 Å². The number of carbonyl (C=O) groups excluding carboxylic acids is 1. The molecule has 3 N–H and O–H groups in total. The highest BCUT2D eigenvalue weighted by Crippen LogP contribution is 2.15. The van der Waals surface area contributed by atoms with Gasteiger partial charge in [0, 0.05) is 38.3 Å². The quantitative estimate of drug-likeness (QED) is 0.726. The van der Waals surface area contributed by atoms with Crippen molar-refractivity contribution < 1.29 is 4.79 Å². The summed E-state index contributed by atoms with van der Waals surface area (Å²) in [7, 11) is 2.15. The van der Waals surface area contributed by atoms with Crippen LogP contribution in [0, 0.1) is 0 Å². The van der Waals surface area contributed by atoms with Crippen molar-refractivity contribution in [2.24, 2.45) is 5.73 Å². The fourth-order valence-corrected chi connectivity index (χ4v) is 2.40. The number of amides is 1. The highest BCUT2D eigenvalue weighted by molar-refractivity contribution is 5.81. The van der Waals surface area contributed by atoms with Gasteiger partial charge in [-0.15, -0.1) is 0 Å². The Morgan fingerprint density at radius 3 is 2.42 bits per heavy atom. The zero-order valence-corrected chi connectivity index (χ0v) is 12.9. The first-order chi connectivity index (χ1) is 8.86. The minimum absolute atomic E-state index is 0.0111. The van der Waals surface area contributed by atoms with Crippen LogP contribution in [0.5, 0.6) is 0 Å². The molecule has 0 aromatic heterocycles. The molecular weight excluding hydrogens is 240 g/mol. The third-order valence-corrected chi connectivity index (χ3v) is 3.99. The molecule has 1 fully saturated rings. The maximum Gasteiger partial charge on any atom is 0.236 e. The minimum Gasteiger partial charge on any atom is -0.353 e. The first-order valence-corrected chi connectivity index (χ1v) is 7.33. The van der Waals surface area contributed by atoms with Crippen molar-refractivity contribution in [2.75, 3.05) is 39.8 Å². The van der Waals surface area contributed by atoms with E-state index in [2.05, 4.69) is 36.0 Å². The molecule has 1 rings (SSSR count). The number of nitrogens with two attached hydrogens (primary N) is 1. The van der Waals surface area contributed by atoms with Gasteiger partial charge >= 0.3 is 0 Å². The summed E-state index contributed by atoms with van der Waals surface area (Å²) in [4.78, 5) is 16.6. The molecule has 0 bridgehead atoms. The molecule has 1 aliphatic rings. The maximum absolute atomic E-state index is 11.9. The van der Waals surface area contributed by atoms with Gasteiger partial charge in [-0.25, -0.2) is 0 Å². The van der Waals surface area contributed by atoms with Crippen LogP contribution in [0.15, 0.2) is 0 Å². The van der Waals surface area contributed by atoms with E-state index < -0.39 is 0 Å². The van der Waals surface area contributed by atoms with Crippen LogP contribution in [0.2, 0.25) is 0 Å². The van der Waals surface area contributed by atoms with Gasteiger partial charge in [0.15, 0.2) is 0 Å². The molecule has 19 heavy (non-hydrogen) atoms. The van der Waals surface area contributed by atoms with Gasteiger partial charge in [0.25, 0.3) is 0 Å². The lowest BCUT2D eigenvalue weighted by Crippen LogP contribution is -2.58. The molecule has 0 unspecified atom stereocenters. The molecule has 0 aromatic rings. The molecule has 1 aliphatic heterocycles. The molecule has 1 atom stereocenters. The van der Waals surface area contributed by atoms with Crippen LogP contribution in [-0.2, 0) is 4.79 Å². The summed E-state index contributed by atoms with van der Waals surface area (Å²) in [5.41, 5.74) is 5.81. The van der Waals surface area contributed by atoms with Gasteiger partial charge in [-0.3, -0.25) is 9.69 Å². The Balaban J connectivity index is 2.39. The van der Waals surface area contributed by atoms with E-state index in [1.807, 2.05) is 6.92 Å². The largest absolute Gasteiger partial charge is 0.353 e. The number of rotatable bonds is 6. The van der Waals surface area contributed by atoms with Crippen LogP contribution >= 0.6 is 0 Å². The van der Waals surface area contributed by atoms with Crippen LogP contribution < -0.4 is 11.1 Å². The molecule has 5 nitrogen and oxygen atoms in total. The lowest BCUT2D eigenvalue weighted by Gasteiger charge is -2.43. The maximum atomic E-state index is 11.9. The van der Waals surface area contributed by atoms with Crippen LogP contribution in [0.4, 0.5) is 0 Å². The monoisotopic (exact) mass is 270 g/mol. The summed E-state index contributed by atoms with van der Waals surface area (Å²) in [6.45, 7) is 11.4. The molecule has 0 saturated carbocycles. The second-order valence-corrected chi connectivity index (χ2v) is 6.22. The minimum atomic E-state index is -0.367. The number of nitrogens with one attached hydrogen (secondary N) is 1. The zero-order chi connectivity index (χ0) is 14.5. The first kappa shape index (κ1) is 16.4. The molecule has 0 radical (unpaired) electrons. The second kappa shape index (κ2) is 7.22. The van der Waals surface area contributed by atoms with Crippen molar-refractivity contribution >= 4 is 5.91 Å².